The van der Waals surface area contributed by atoms with E-state index in [0.29, 0.717) is 5.92 Å². The number of hydrogen-bond acceptors (Lipinski definition) is 2. The molecule has 0 saturated heterocycles. The van der Waals surface area contributed by atoms with Crippen molar-refractivity contribution in [1.82, 2.24) is 0 Å². The summed E-state index contributed by atoms with van der Waals surface area (Å²) in [6.45, 7) is 5.39. The molecule has 0 aromatic carbocycles. The van der Waals surface area contributed by atoms with E-state index in [4.69, 9.17) is 10.5 Å². The average Bonchev–Trinajstić information content (AvgIpc) is 2.18. The van der Waals surface area contributed by atoms with Crippen molar-refractivity contribution < 1.29 is 4.74 Å². The summed E-state index contributed by atoms with van der Waals surface area (Å²) in [5.41, 5.74) is 6.06. The van der Waals surface area contributed by atoms with Gasteiger partial charge in [-0.1, -0.05) is 13.8 Å². The van der Waals surface area contributed by atoms with Crippen LogP contribution in [0.1, 0.15) is 39.5 Å². The normalized spacial score (nSPS) is 30.6. The van der Waals surface area contributed by atoms with Gasteiger partial charge in [0, 0.05) is 13.2 Å². The molecule has 1 fully saturated rings. The largest absolute Gasteiger partial charge is 0.383 e. The van der Waals surface area contributed by atoms with Crippen LogP contribution in [0.5, 0.6) is 0 Å². The van der Waals surface area contributed by atoms with Gasteiger partial charge in [0.05, 0.1) is 6.61 Å². The first-order valence-electron chi connectivity index (χ1n) is 5.89. The fourth-order valence-corrected chi connectivity index (χ4v) is 2.57. The summed E-state index contributed by atoms with van der Waals surface area (Å²) in [7, 11) is 1.74. The minimum atomic E-state index is 0.258. The molecule has 0 heterocycles. The van der Waals surface area contributed by atoms with E-state index >= 15 is 0 Å². The van der Waals surface area contributed by atoms with Crippen molar-refractivity contribution in [2.75, 3.05) is 13.7 Å². The van der Waals surface area contributed by atoms with E-state index in [-0.39, 0.29) is 6.04 Å². The highest BCUT2D eigenvalue weighted by atomic mass is 16.5. The van der Waals surface area contributed by atoms with Crippen molar-refractivity contribution in [3.8, 4) is 0 Å². The molecule has 0 aromatic heterocycles. The van der Waals surface area contributed by atoms with Crippen LogP contribution >= 0.6 is 0 Å². The molecule has 2 nitrogen and oxygen atoms in total. The zero-order valence-corrected chi connectivity index (χ0v) is 9.83. The Kier molecular flexibility index (Phi) is 4.90. The summed E-state index contributed by atoms with van der Waals surface area (Å²) >= 11 is 0. The third-order valence-electron chi connectivity index (χ3n) is 3.72. The number of nitrogens with two attached hydrogens (primary N) is 1. The average molecular weight is 199 g/mol. The third kappa shape index (κ3) is 3.25. The molecule has 84 valence electrons. The standard InChI is InChI=1S/C12H25NO/c1-9(2)10-4-6-11(7-5-10)12(13)8-14-3/h9-12H,4-8,13H2,1-3H3. The highest BCUT2D eigenvalue weighted by Crippen LogP contribution is 2.34. The van der Waals surface area contributed by atoms with Crippen LogP contribution in [0.25, 0.3) is 0 Å². The van der Waals surface area contributed by atoms with Gasteiger partial charge in [-0.3, -0.25) is 0 Å². The van der Waals surface area contributed by atoms with E-state index in [1.807, 2.05) is 0 Å². The van der Waals surface area contributed by atoms with Crippen LogP contribution in [-0.4, -0.2) is 19.8 Å². The molecule has 1 rings (SSSR count). The van der Waals surface area contributed by atoms with Crippen LogP contribution in [0.15, 0.2) is 0 Å². The van der Waals surface area contributed by atoms with Crippen LogP contribution in [0.4, 0.5) is 0 Å². The number of hydrogen-bond donors (Lipinski definition) is 1. The van der Waals surface area contributed by atoms with Gasteiger partial charge in [-0.25, -0.2) is 0 Å². The molecule has 0 spiro atoms. The van der Waals surface area contributed by atoms with E-state index in [0.717, 1.165) is 18.4 Å². The molecule has 1 saturated carbocycles. The molecule has 1 unspecified atom stereocenters. The first kappa shape index (κ1) is 12.0. The van der Waals surface area contributed by atoms with E-state index in [2.05, 4.69) is 13.8 Å². The van der Waals surface area contributed by atoms with Gasteiger partial charge >= 0.3 is 0 Å². The smallest absolute Gasteiger partial charge is 0.0616 e. The van der Waals surface area contributed by atoms with Gasteiger partial charge < -0.3 is 10.5 Å². The van der Waals surface area contributed by atoms with E-state index in [1.165, 1.54) is 25.7 Å². The quantitative estimate of drug-likeness (QED) is 0.754. The highest BCUT2D eigenvalue weighted by molar-refractivity contribution is 4.80. The van der Waals surface area contributed by atoms with Crippen molar-refractivity contribution >= 4 is 0 Å². The second-order valence-electron chi connectivity index (χ2n) is 5.04. The van der Waals surface area contributed by atoms with Crippen LogP contribution in [0, 0.1) is 17.8 Å². The molecule has 0 aromatic rings. The van der Waals surface area contributed by atoms with Crippen molar-refractivity contribution in [3.05, 3.63) is 0 Å². The number of methoxy groups -OCH3 is 1. The second-order valence-corrected chi connectivity index (χ2v) is 5.04. The maximum Gasteiger partial charge on any atom is 0.0616 e. The molecule has 0 aliphatic heterocycles. The lowest BCUT2D eigenvalue weighted by Crippen LogP contribution is -2.37. The Morgan fingerprint density at radius 2 is 1.64 bits per heavy atom. The molecule has 2 N–H and O–H groups in total. The molecule has 0 amide bonds. The van der Waals surface area contributed by atoms with E-state index in [1.54, 1.807) is 7.11 Å². The predicted molar refractivity (Wildman–Crippen MR) is 60.1 cm³/mol. The lowest BCUT2D eigenvalue weighted by atomic mass is 9.75. The second kappa shape index (κ2) is 5.72. The van der Waals surface area contributed by atoms with Gasteiger partial charge in [-0.15, -0.1) is 0 Å². The minimum absolute atomic E-state index is 0.258. The molecule has 14 heavy (non-hydrogen) atoms. The molecule has 2 heteroatoms. The summed E-state index contributed by atoms with van der Waals surface area (Å²) in [6.07, 6.45) is 5.32. The Labute approximate surface area is 88.2 Å². The summed E-state index contributed by atoms with van der Waals surface area (Å²) < 4.78 is 5.11. The van der Waals surface area contributed by atoms with Crippen molar-refractivity contribution in [1.29, 1.82) is 0 Å². The molecular weight excluding hydrogens is 174 g/mol. The summed E-state index contributed by atoms with van der Waals surface area (Å²) in [4.78, 5) is 0. The van der Waals surface area contributed by atoms with Crippen molar-refractivity contribution in [2.45, 2.75) is 45.6 Å². The van der Waals surface area contributed by atoms with Crippen molar-refractivity contribution in [3.63, 3.8) is 0 Å². The van der Waals surface area contributed by atoms with Crippen LogP contribution in [0.2, 0.25) is 0 Å². The van der Waals surface area contributed by atoms with Crippen LogP contribution in [-0.2, 0) is 4.74 Å². The molecular formula is C12H25NO. The lowest BCUT2D eigenvalue weighted by Gasteiger charge is -2.33. The van der Waals surface area contributed by atoms with Gasteiger partial charge in [0.15, 0.2) is 0 Å². The van der Waals surface area contributed by atoms with Crippen LogP contribution < -0.4 is 5.73 Å². The van der Waals surface area contributed by atoms with E-state index < -0.39 is 0 Å². The highest BCUT2D eigenvalue weighted by Gasteiger charge is 2.26. The van der Waals surface area contributed by atoms with Gasteiger partial charge in [0.2, 0.25) is 0 Å². The van der Waals surface area contributed by atoms with Crippen LogP contribution in [0.3, 0.4) is 0 Å². The molecule has 1 aliphatic rings. The maximum atomic E-state index is 6.06. The SMILES string of the molecule is COCC(N)C1CCC(C(C)C)CC1. The zero-order valence-electron chi connectivity index (χ0n) is 9.83. The monoisotopic (exact) mass is 199 g/mol. The molecule has 0 radical (unpaired) electrons. The third-order valence-corrected chi connectivity index (χ3v) is 3.72. The Bertz CT molecular complexity index is 150. The molecule has 0 bridgehead atoms. The van der Waals surface area contributed by atoms with Gasteiger partial charge in [0.1, 0.15) is 0 Å². The fraction of sp³-hybridized carbons (Fsp3) is 1.00. The lowest BCUT2D eigenvalue weighted by molar-refractivity contribution is 0.127. The van der Waals surface area contributed by atoms with Gasteiger partial charge in [-0.05, 0) is 43.4 Å². The topological polar surface area (TPSA) is 35.2 Å². The summed E-state index contributed by atoms with van der Waals surface area (Å²) in [6, 6.07) is 0.258. The van der Waals surface area contributed by atoms with E-state index in [9.17, 15) is 0 Å². The zero-order chi connectivity index (χ0) is 10.6. The Morgan fingerprint density at radius 1 is 1.14 bits per heavy atom. The molecule has 1 aliphatic carbocycles. The Morgan fingerprint density at radius 3 is 2.07 bits per heavy atom. The van der Waals surface area contributed by atoms with Crippen molar-refractivity contribution in [2.24, 2.45) is 23.5 Å². The summed E-state index contributed by atoms with van der Waals surface area (Å²) in [5, 5.41) is 0. The first-order chi connectivity index (χ1) is 6.65. The Hall–Kier alpha value is -0.0800. The van der Waals surface area contributed by atoms with Gasteiger partial charge in [-0.2, -0.15) is 0 Å². The summed E-state index contributed by atoms with van der Waals surface area (Å²) in [5.74, 6) is 2.47. The number of rotatable bonds is 4. The molecule has 1 atom stereocenters. The Balaban J connectivity index is 2.28. The first-order valence-corrected chi connectivity index (χ1v) is 5.89. The predicted octanol–water partition coefficient (Wildman–Crippen LogP) is 2.42. The van der Waals surface area contributed by atoms with Gasteiger partial charge in [0.25, 0.3) is 0 Å². The number of ether oxygens (including phenoxy) is 1. The maximum absolute atomic E-state index is 6.06. The fourth-order valence-electron chi connectivity index (χ4n) is 2.57. The minimum Gasteiger partial charge on any atom is -0.383 e.